The van der Waals surface area contributed by atoms with Gasteiger partial charge in [-0.1, -0.05) is 18.2 Å². The van der Waals surface area contributed by atoms with Gasteiger partial charge in [0.1, 0.15) is 0 Å². The van der Waals surface area contributed by atoms with E-state index in [0.29, 0.717) is 13.0 Å². The second kappa shape index (κ2) is 11.1. The van der Waals surface area contributed by atoms with Gasteiger partial charge < -0.3 is 20.9 Å². The Morgan fingerprint density at radius 1 is 1.04 bits per heavy atom. The quantitative estimate of drug-likeness (QED) is 0.805. The Morgan fingerprint density at radius 3 is 2.22 bits per heavy atom. The summed E-state index contributed by atoms with van der Waals surface area (Å²) in [6, 6.07) is 10.2. The summed E-state index contributed by atoms with van der Waals surface area (Å²) < 4.78 is 0. The molecule has 2 rings (SSSR count). The number of carbonyl (C=O) groups is 2. The van der Waals surface area contributed by atoms with E-state index >= 15 is 0 Å². The maximum atomic E-state index is 12.0. The van der Waals surface area contributed by atoms with Crippen LogP contribution < -0.4 is 16.0 Å². The number of halogens is 2. The number of carbonyl (C=O) groups excluding carboxylic acids is 2. The van der Waals surface area contributed by atoms with Gasteiger partial charge in [0.05, 0.1) is 6.54 Å². The first kappa shape index (κ1) is 21.5. The number of piperazine rings is 1. The van der Waals surface area contributed by atoms with E-state index in [1.54, 1.807) is 0 Å². The lowest BCUT2D eigenvalue weighted by Gasteiger charge is -2.36. The molecule has 130 valence electrons. The number of para-hydroxylation sites is 1. The third kappa shape index (κ3) is 6.64. The highest BCUT2D eigenvalue weighted by atomic mass is 35.5. The SMILES string of the molecule is Cl.Cl.NCC(=O)NCCC(=O)N1CCN(c2ccccc2)CC1. The van der Waals surface area contributed by atoms with E-state index in [-0.39, 0.29) is 43.2 Å². The Kier molecular flexibility index (Phi) is 10.4. The molecule has 0 aromatic heterocycles. The highest BCUT2D eigenvalue weighted by Crippen LogP contribution is 2.15. The van der Waals surface area contributed by atoms with Crippen molar-refractivity contribution in [2.75, 3.05) is 44.2 Å². The molecule has 1 aliphatic heterocycles. The maximum absolute atomic E-state index is 12.0. The molecular formula is C15H24Cl2N4O2. The molecule has 6 nitrogen and oxygen atoms in total. The van der Waals surface area contributed by atoms with E-state index in [2.05, 4.69) is 22.3 Å². The molecule has 1 aromatic rings. The molecule has 23 heavy (non-hydrogen) atoms. The van der Waals surface area contributed by atoms with Gasteiger partial charge in [-0.2, -0.15) is 0 Å². The number of anilines is 1. The van der Waals surface area contributed by atoms with Crippen LogP contribution in [0.1, 0.15) is 6.42 Å². The number of hydrogen-bond acceptors (Lipinski definition) is 4. The first-order chi connectivity index (χ1) is 10.2. The summed E-state index contributed by atoms with van der Waals surface area (Å²) in [7, 11) is 0. The van der Waals surface area contributed by atoms with Crippen molar-refractivity contribution in [3.05, 3.63) is 30.3 Å². The number of nitrogens with two attached hydrogens (primary N) is 1. The molecule has 0 atom stereocenters. The summed E-state index contributed by atoms with van der Waals surface area (Å²) in [6.07, 6.45) is 0.330. The van der Waals surface area contributed by atoms with Gasteiger partial charge in [-0.3, -0.25) is 9.59 Å². The first-order valence-corrected chi connectivity index (χ1v) is 7.25. The van der Waals surface area contributed by atoms with Crippen LogP contribution in [0.4, 0.5) is 5.69 Å². The van der Waals surface area contributed by atoms with E-state index in [1.807, 2.05) is 23.1 Å². The molecule has 1 fully saturated rings. The molecule has 0 bridgehead atoms. The maximum Gasteiger partial charge on any atom is 0.233 e. The highest BCUT2D eigenvalue weighted by molar-refractivity contribution is 5.85. The van der Waals surface area contributed by atoms with Crippen LogP contribution in [0, 0.1) is 0 Å². The van der Waals surface area contributed by atoms with E-state index in [0.717, 1.165) is 26.2 Å². The van der Waals surface area contributed by atoms with Crippen LogP contribution in [0.3, 0.4) is 0 Å². The molecule has 0 aliphatic carbocycles. The van der Waals surface area contributed by atoms with Gasteiger partial charge in [-0.15, -0.1) is 24.8 Å². The lowest BCUT2D eigenvalue weighted by molar-refractivity contribution is -0.131. The Balaban J connectivity index is 0.00000242. The summed E-state index contributed by atoms with van der Waals surface area (Å²) in [5, 5.41) is 2.62. The molecule has 0 saturated carbocycles. The lowest BCUT2D eigenvalue weighted by atomic mass is 10.2. The summed E-state index contributed by atoms with van der Waals surface area (Å²) in [5.74, 6) is -0.142. The van der Waals surface area contributed by atoms with Gasteiger partial charge in [-0.25, -0.2) is 0 Å². The van der Waals surface area contributed by atoms with Gasteiger partial charge in [0.15, 0.2) is 0 Å². The Labute approximate surface area is 149 Å². The highest BCUT2D eigenvalue weighted by Gasteiger charge is 2.20. The van der Waals surface area contributed by atoms with Gasteiger partial charge in [-0.05, 0) is 12.1 Å². The Morgan fingerprint density at radius 2 is 1.65 bits per heavy atom. The summed E-state index contributed by atoms with van der Waals surface area (Å²) in [6.45, 7) is 3.44. The van der Waals surface area contributed by atoms with Gasteiger partial charge in [0.25, 0.3) is 0 Å². The van der Waals surface area contributed by atoms with Gasteiger partial charge >= 0.3 is 0 Å². The fourth-order valence-corrected chi connectivity index (χ4v) is 2.39. The van der Waals surface area contributed by atoms with Crippen molar-refractivity contribution >= 4 is 42.3 Å². The van der Waals surface area contributed by atoms with E-state index in [1.165, 1.54) is 5.69 Å². The van der Waals surface area contributed by atoms with Crippen molar-refractivity contribution in [1.29, 1.82) is 0 Å². The molecule has 1 aromatic carbocycles. The van der Waals surface area contributed by atoms with E-state index < -0.39 is 0 Å². The minimum atomic E-state index is -0.225. The van der Waals surface area contributed by atoms with Crippen LogP contribution in [-0.2, 0) is 9.59 Å². The van der Waals surface area contributed by atoms with Crippen LogP contribution in [0.5, 0.6) is 0 Å². The van der Waals surface area contributed by atoms with E-state index in [9.17, 15) is 9.59 Å². The fourth-order valence-electron chi connectivity index (χ4n) is 2.39. The summed E-state index contributed by atoms with van der Waals surface area (Å²) >= 11 is 0. The first-order valence-electron chi connectivity index (χ1n) is 7.25. The predicted molar refractivity (Wildman–Crippen MR) is 96.4 cm³/mol. The van der Waals surface area contributed by atoms with Crippen LogP contribution in [0.15, 0.2) is 30.3 Å². The number of nitrogens with one attached hydrogen (secondary N) is 1. The zero-order valence-corrected chi connectivity index (χ0v) is 14.6. The topological polar surface area (TPSA) is 78.7 Å². The fraction of sp³-hybridized carbons (Fsp3) is 0.467. The standard InChI is InChI=1S/C15H22N4O2.2ClH/c16-12-14(20)17-7-6-15(21)19-10-8-18(9-11-19)13-4-2-1-3-5-13;;/h1-5H,6-12,16H2,(H,17,20);2*1H. The predicted octanol–water partition coefficient (Wildman–Crippen LogP) is 0.644. The van der Waals surface area contributed by atoms with Crippen LogP contribution in [-0.4, -0.2) is 56.0 Å². The van der Waals surface area contributed by atoms with Crippen molar-refractivity contribution in [3.8, 4) is 0 Å². The van der Waals surface area contributed by atoms with Crippen molar-refractivity contribution in [2.24, 2.45) is 5.73 Å². The van der Waals surface area contributed by atoms with Crippen LogP contribution in [0.2, 0.25) is 0 Å². The lowest BCUT2D eigenvalue weighted by Crippen LogP contribution is -2.49. The third-order valence-electron chi connectivity index (χ3n) is 3.60. The second-order valence-corrected chi connectivity index (χ2v) is 5.01. The molecule has 8 heteroatoms. The molecular weight excluding hydrogens is 339 g/mol. The number of amides is 2. The van der Waals surface area contributed by atoms with Gasteiger partial charge in [0.2, 0.25) is 11.8 Å². The average molecular weight is 363 g/mol. The molecule has 0 unspecified atom stereocenters. The zero-order chi connectivity index (χ0) is 15.1. The third-order valence-corrected chi connectivity index (χ3v) is 3.60. The number of rotatable bonds is 5. The van der Waals surface area contributed by atoms with Crippen molar-refractivity contribution in [1.82, 2.24) is 10.2 Å². The monoisotopic (exact) mass is 362 g/mol. The Hall–Kier alpha value is -1.50. The van der Waals surface area contributed by atoms with Crippen molar-refractivity contribution in [3.63, 3.8) is 0 Å². The number of nitrogens with zero attached hydrogens (tertiary/aromatic N) is 2. The normalized spacial score (nSPS) is 13.6. The molecule has 1 saturated heterocycles. The van der Waals surface area contributed by atoms with Gasteiger partial charge in [0, 0.05) is 44.8 Å². The molecule has 2 amide bonds. The molecule has 1 aliphatic rings. The van der Waals surface area contributed by atoms with Crippen LogP contribution >= 0.6 is 24.8 Å². The zero-order valence-electron chi connectivity index (χ0n) is 12.9. The minimum Gasteiger partial charge on any atom is -0.368 e. The van der Waals surface area contributed by atoms with Crippen LogP contribution in [0.25, 0.3) is 0 Å². The van der Waals surface area contributed by atoms with Crippen molar-refractivity contribution in [2.45, 2.75) is 6.42 Å². The minimum absolute atomic E-state index is 0. The molecule has 0 spiro atoms. The number of benzene rings is 1. The summed E-state index contributed by atoms with van der Waals surface area (Å²) in [5.41, 5.74) is 6.38. The molecule has 1 heterocycles. The largest absolute Gasteiger partial charge is 0.368 e. The van der Waals surface area contributed by atoms with E-state index in [4.69, 9.17) is 5.73 Å². The number of hydrogen-bond donors (Lipinski definition) is 2. The summed E-state index contributed by atoms with van der Waals surface area (Å²) in [4.78, 5) is 27.2. The Bertz CT molecular complexity index is 480. The van der Waals surface area contributed by atoms with Crippen molar-refractivity contribution < 1.29 is 9.59 Å². The average Bonchev–Trinajstić information content (AvgIpc) is 2.55. The molecule has 3 N–H and O–H groups in total. The molecule has 0 radical (unpaired) electrons. The smallest absolute Gasteiger partial charge is 0.233 e. The second-order valence-electron chi connectivity index (χ2n) is 5.01.